The van der Waals surface area contributed by atoms with Crippen LogP contribution < -0.4 is 10.6 Å². The van der Waals surface area contributed by atoms with Gasteiger partial charge in [-0.2, -0.15) is 13.2 Å². The molecule has 0 saturated heterocycles. The van der Waals surface area contributed by atoms with Crippen LogP contribution in [-0.2, 0) is 20.8 Å². The number of aromatic nitrogens is 2. The number of halogens is 4. The Labute approximate surface area is 190 Å². The molecule has 1 aromatic carbocycles. The van der Waals surface area contributed by atoms with Crippen LogP contribution in [0.1, 0.15) is 32.0 Å². The van der Waals surface area contributed by atoms with Crippen molar-refractivity contribution in [1.29, 1.82) is 0 Å². The van der Waals surface area contributed by atoms with Crippen molar-refractivity contribution < 1.29 is 30.7 Å². The number of benzene rings is 1. The highest BCUT2D eigenvalue weighted by atomic mass is 32.2. The highest BCUT2D eigenvalue weighted by molar-refractivity contribution is 7.90. The van der Waals surface area contributed by atoms with Crippen molar-refractivity contribution in [3.63, 3.8) is 0 Å². The zero-order chi connectivity index (χ0) is 25.0. The molecule has 12 heteroatoms. The van der Waals surface area contributed by atoms with Crippen molar-refractivity contribution in [2.45, 2.75) is 37.9 Å². The van der Waals surface area contributed by atoms with E-state index < -0.39 is 38.0 Å². The summed E-state index contributed by atoms with van der Waals surface area (Å²) in [6.07, 6.45) is -3.12. The van der Waals surface area contributed by atoms with Crippen molar-refractivity contribution in [1.82, 2.24) is 9.97 Å². The van der Waals surface area contributed by atoms with Gasteiger partial charge in [0.1, 0.15) is 27.7 Å². The van der Waals surface area contributed by atoms with Gasteiger partial charge in [0.2, 0.25) is 5.95 Å². The second kappa shape index (κ2) is 10.4. The third kappa shape index (κ3) is 7.04. The van der Waals surface area contributed by atoms with E-state index in [1.807, 2.05) is 13.8 Å². The minimum absolute atomic E-state index is 0.0308. The molecule has 0 aliphatic heterocycles. The van der Waals surface area contributed by atoms with Gasteiger partial charge < -0.3 is 15.4 Å². The summed E-state index contributed by atoms with van der Waals surface area (Å²) in [4.78, 5) is 7.32. The number of hydrogen-bond acceptors (Lipinski definition) is 7. The highest BCUT2D eigenvalue weighted by Crippen LogP contribution is 2.34. The summed E-state index contributed by atoms with van der Waals surface area (Å²) < 4.78 is 82.4. The fraction of sp³-hybridized carbons (Fsp3) is 0.429. The Bertz CT molecular complexity index is 1110. The van der Waals surface area contributed by atoms with Gasteiger partial charge in [-0.05, 0) is 31.0 Å². The van der Waals surface area contributed by atoms with Gasteiger partial charge in [0, 0.05) is 30.7 Å². The van der Waals surface area contributed by atoms with Gasteiger partial charge in [0.05, 0.1) is 6.61 Å². The second-order valence-electron chi connectivity index (χ2n) is 7.60. The minimum Gasteiger partial charge on any atom is -0.492 e. The first-order valence-electron chi connectivity index (χ1n) is 10.00. The van der Waals surface area contributed by atoms with E-state index in [4.69, 9.17) is 4.74 Å². The van der Waals surface area contributed by atoms with Crippen LogP contribution in [0.4, 0.5) is 29.2 Å². The van der Waals surface area contributed by atoms with Gasteiger partial charge >= 0.3 is 6.18 Å². The standard InChI is InChI=1S/C21H26F4N4O3S/c1-6-32-13(4)19-15(21(23,24)25)10-27-20(29-19)28-17(12(2)3)11-26-14-7-8-16(22)18(9-14)33(5,30)31/h7-10,12,17,26H,4,6,11H2,1-3,5H3,(H,27,28,29)/t17-/m0/s1. The van der Waals surface area contributed by atoms with Crippen LogP contribution in [0.15, 0.2) is 35.9 Å². The normalized spacial score (nSPS) is 13.0. The average Bonchev–Trinajstić information content (AvgIpc) is 2.70. The van der Waals surface area contributed by atoms with Crippen LogP contribution in [0.5, 0.6) is 0 Å². The van der Waals surface area contributed by atoms with Crippen molar-refractivity contribution >= 4 is 27.2 Å². The fourth-order valence-electron chi connectivity index (χ4n) is 2.86. The summed E-state index contributed by atoms with van der Waals surface area (Å²) in [7, 11) is -3.76. The first-order valence-corrected chi connectivity index (χ1v) is 11.9. The molecule has 1 aromatic heterocycles. The van der Waals surface area contributed by atoms with E-state index in [1.54, 1.807) is 6.92 Å². The van der Waals surface area contributed by atoms with Crippen molar-refractivity contribution in [3.05, 3.63) is 48.0 Å². The van der Waals surface area contributed by atoms with Crippen LogP contribution in [0, 0.1) is 11.7 Å². The Morgan fingerprint density at radius 3 is 2.48 bits per heavy atom. The molecular formula is C21H26F4N4O3S. The van der Waals surface area contributed by atoms with Gasteiger partial charge in [0.25, 0.3) is 0 Å². The molecule has 1 atom stereocenters. The maximum Gasteiger partial charge on any atom is 0.420 e. The van der Waals surface area contributed by atoms with Gasteiger partial charge in [-0.25, -0.2) is 22.8 Å². The third-order valence-corrected chi connectivity index (χ3v) is 5.76. The van der Waals surface area contributed by atoms with Crippen molar-refractivity contribution in [2.75, 3.05) is 30.0 Å². The zero-order valence-electron chi connectivity index (χ0n) is 18.6. The number of hydrogen-bond donors (Lipinski definition) is 2. The molecular weight excluding hydrogens is 464 g/mol. The fourth-order valence-corrected chi connectivity index (χ4v) is 3.62. The molecule has 0 bridgehead atoms. The molecule has 0 aliphatic rings. The SMILES string of the molecule is C=C(OCC)c1nc(N[C@@H](CNc2ccc(F)c(S(C)(=O)=O)c2)C(C)C)ncc1C(F)(F)F. The van der Waals surface area contributed by atoms with E-state index in [2.05, 4.69) is 27.2 Å². The molecule has 2 rings (SSSR count). The van der Waals surface area contributed by atoms with E-state index in [0.717, 1.165) is 12.3 Å². The Morgan fingerprint density at radius 1 is 1.27 bits per heavy atom. The second-order valence-corrected chi connectivity index (χ2v) is 9.59. The summed E-state index contributed by atoms with van der Waals surface area (Å²) in [6.45, 7) is 9.22. The van der Waals surface area contributed by atoms with Crippen LogP contribution in [-0.4, -0.2) is 43.8 Å². The molecule has 1 heterocycles. The molecule has 0 fully saturated rings. The van der Waals surface area contributed by atoms with Crippen LogP contribution in [0.25, 0.3) is 5.76 Å². The van der Waals surface area contributed by atoms with Crippen LogP contribution in [0.2, 0.25) is 0 Å². The topological polar surface area (TPSA) is 93.2 Å². The molecule has 0 unspecified atom stereocenters. The molecule has 0 amide bonds. The molecule has 2 N–H and O–H groups in total. The number of ether oxygens (including phenoxy) is 1. The largest absolute Gasteiger partial charge is 0.492 e. The Morgan fingerprint density at radius 2 is 1.94 bits per heavy atom. The number of alkyl halides is 3. The number of nitrogens with one attached hydrogen (secondary N) is 2. The number of sulfone groups is 1. The van der Waals surface area contributed by atoms with E-state index in [0.29, 0.717) is 11.9 Å². The summed E-state index contributed by atoms with van der Waals surface area (Å²) in [6, 6.07) is 3.24. The van der Waals surface area contributed by atoms with Crippen molar-refractivity contribution in [2.24, 2.45) is 5.92 Å². The van der Waals surface area contributed by atoms with E-state index in [9.17, 15) is 26.0 Å². The third-order valence-electron chi connectivity index (χ3n) is 4.65. The summed E-state index contributed by atoms with van der Waals surface area (Å²) >= 11 is 0. The lowest BCUT2D eigenvalue weighted by Gasteiger charge is -2.24. The first kappa shape index (κ1) is 26.4. The maximum atomic E-state index is 13.8. The Kier molecular flexibility index (Phi) is 8.28. The Balaban J connectivity index is 2.26. The van der Waals surface area contributed by atoms with E-state index in [-0.39, 0.29) is 36.8 Å². The smallest absolute Gasteiger partial charge is 0.420 e. The van der Waals surface area contributed by atoms with Crippen LogP contribution >= 0.6 is 0 Å². The number of anilines is 2. The molecule has 0 saturated carbocycles. The predicted octanol–water partition coefficient (Wildman–Crippen LogP) is 4.59. The molecule has 0 aliphatic carbocycles. The monoisotopic (exact) mass is 490 g/mol. The molecule has 182 valence electrons. The summed E-state index contributed by atoms with van der Waals surface area (Å²) in [5.74, 6) is -1.18. The average molecular weight is 491 g/mol. The van der Waals surface area contributed by atoms with E-state index in [1.165, 1.54) is 12.1 Å². The predicted molar refractivity (Wildman–Crippen MR) is 118 cm³/mol. The minimum atomic E-state index is -4.69. The van der Waals surface area contributed by atoms with Gasteiger partial charge in [-0.15, -0.1) is 0 Å². The first-order chi connectivity index (χ1) is 15.2. The lowest BCUT2D eigenvalue weighted by molar-refractivity contribution is -0.138. The molecule has 0 spiro atoms. The lowest BCUT2D eigenvalue weighted by atomic mass is 10.0. The Hall–Kier alpha value is -2.89. The van der Waals surface area contributed by atoms with Crippen LogP contribution in [0.3, 0.4) is 0 Å². The van der Waals surface area contributed by atoms with E-state index >= 15 is 0 Å². The number of rotatable bonds is 10. The van der Waals surface area contributed by atoms with Gasteiger partial charge in [-0.3, -0.25) is 0 Å². The molecule has 7 nitrogen and oxygen atoms in total. The zero-order valence-corrected chi connectivity index (χ0v) is 19.4. The number of nitrogens with zero attached hydrogens (tertiary/aromatic N) is 2. The lowest BCUT2D eigenvalue weighted by Crippen LogP contribution is -2.34. The quantitative estimate of drug-likeness (QED) is 0.372. The summed E-state index contributed by atoms with van der Waals surface area (Å²) in [5, 5.41) is 5.99. The van der Waals surface area contributed by atoms with Gasteiger partial charge in [-0.1, -0.05) is 20.4 Å². The molecule has 2 aromatic rings. The highest BCUT2D eigenvalue weighted by Gasteiger charge is 2.36. The summed E-state index contributed by atoms with van der Waals surface area (Å²) in [5.41, 5.74) is -1.16. The maximum absolute atomic E-state index is 13.8. The van der Waals surface area contributed by atoms with Gasteiger partial charge in [0.15, 0.2) is 9.84 Å². The molecule has 0 radical (unpaired) electrons. The van der Waals surface area contributed by atoms with Crippen molar-refractivity contribution in [3.8, 4) is 0 Å². The molecule has 33 heavy (non-hydrogen) atoms.